The van der Waals surface area contributed by atoms with Crippen molar-refractivity contribution in [3.8, 4) is 11.3 Å². The zero-order valence-electron chi connectivity index (χ0n) is 7.82. The van der Waals surface area contributed by atoms with Crippen LogP contribution in [-0.4, -0.2) is 16.5 Å². The zero-order chi connectivity index (χ0) is 9.97. The molecule has 0 atom stereocenters. The highest BCUT2D eigenvalue weighted by Gasteiger charge is 2.04. The lowest BCUT2D eigenvalue weighted by atomic mass is 10.1. The number of thioether (sulfide) groups is 1. The van der Waals surface area contributed by atoms with Crippen molar-refractivity contribution >= 4 is 17.4 Å². The average molecular weight is 205 g/mol. The lowest BCUT2D eigenvalue weighted by Crippen LogP contribution is -1.86. The summed E-state index contributed by atoms with van der Waals surface area (Å²) in [6.45, 7) is 0. The lowest BCUT2D eigenvalue weighted by Gasteiger charge is -2.01. The number of nitrogens with one attached hydrogen (secondary N) is 1. The molecule has 4 heteroatoms. The number of nitrogens with zero attached hydrogens (tertiary/aromatic N) is 1. The van der Waals surface area contributed by atoms with Crippen LogP contribution in [-0.2, 0) is 0 Å². The Labute approximate surface area is 86.7 Å². The van der Waals surface area contributed by atoms with E-state index in [4.69, 9.17) is 5.73 Å². The normalized spacial score (nSPS) is 10.4. The predicted octanol–water partition coefficient (Wildman–Crippen LogP) is 2.38. The van der Waals surface area contributed by atoms with E-state index in [0.29, 0.717) is 5.69 Å². The molecule has 3 nitrogen and oxygen atoms in total. The van der Waals surface area contributed by atoms with Gasteiger partial charge in [0, 0.05) is 10.5 Å². The summed E-state index contributed by atoms with van der Waals surface area (Å²) in [5.41, 5.74) is 8.41. The maximum absolute atomic E-state index is 5.76. The second-order valence-corrected chi connectivity index (χ2v) is 3.81. The Morgan fingerprint density at radius 3 is 2.93 bits per heavy atom. The van der Waals surface area contributed by atoms with Crippen LogP contribution in [0.4, 0.5) is 5.69 Å². The van der Waals surface area contributed by atoms with Gasteiger partial charge in [-0.2, -0.15) is 5.10 Å². The second-order valence-electron chi connectivity index (χ2n) is 2.93. The number of hydrogen-bond donors (Lipinski definition) is 2. The van der Waals surface area contributed by atoms with Crippen molar-refractivity contribution in [3.05, 3.63) is 30.5 Å². The highest BCUT2D eigenvalue weighted by Crippen LogP contribution is 2.26. The maximum atomic E-state index is 5.76. The molecule has 0 amide bonds. The smallest absolute Gasteiger partial charge is 0.0880 e. The van der Waals surface area contributed by atoms with Gasteiger partial charge in [0.25, 0.3) is 0 Å². The fourth-order valence-electron chi connectivity index (χ4n) is 1.31. The molecule has 1 aromatic carbocycles. The van der Waals surface area contributed by atoms with Crippen LogP contribution in [0.15, 0.2) is 35.4 Å². The standard InChI is InChI=1S/C10H11N3S/c1-14-8-4-2-3-7(5-8)10-9(11)6-12-13-10/h2-6H,11H2,1H3,(H,12,13). The minimum atomic E-state index is 0.684. The number of nitrogen functional groups attached to an aromatic ring is 1. The number of anilines is 1. The fourth-order valence-corrected chi connectivity index (χ4v) is 1.76. The molecule has 2 rings (SSSR count). The monoisotopic (exact) mass is 205 g/mol. The molecule has 0 fully saturated rings. The van der Waals surface area contributed by atoms with Crippen molar-refractivity contribution in [2.45, 2.75) is 4.90 Å². The topological polar surface area (TPSA) is 54.7 Å². The van der Waals surface area contributed by atoms with E-state index in [0.717, 1.165) is 11.3 Å². The van der Waals surface area contributed by atoms with E-state index >= 15 is 0 Å². The summed E-state index contributed by atoms with van der Waals surface area (Å²) in [4.78, 5) is 1.22. The van der Waals surface area contributed by atoms with Crippen LogP contribution in [0.2, 0.25) is 0 Å². The van der Waals surface area contributed by atoms with Gasteiger partial charge in [0.2, 0.25) is 0 Å². The van der Waals surface area contributed by atoms with Crippen molar-refractivity contribution in [1.82, 2.24) is 10.2 Å². The molecule has 0 spiro atoms. The van der Waals surface area contributed by atoms with Gasteiger partial charge in [0.05, 0.1) is 17.6 Å². The third-order valence-corrected chi connectivity index (χ3v) is 2.75. The van der Waals surface area contributed by atoms with Crippen molar-refractivity contribution < 1.29 is 0 Å². The van der Waals surface area contributed by atoms with Crippen LogP contribution in [0.5, 0.6) is 0 Å². The molecule has 0 aliphatic carbocycles. The summed E-state index contributed by atoms with van der Waals surface area (Å²) in [5.74, 6) is 0. The fraction of sp³-hybridized carbons (Fsp3) is 0.100. The number of aromatic amines is 1. The number of hydrogen-bond acceptors (Lipinski definition) is 3. The molecule has 1 heterocycles. The van der Waals surface area contributed by atoms with Gasteiger partial charge >= 0.3 is 0 Å². The molecule has 0 radical (unpaired) electrons. The van der Waals surface area contributed by atoms with Crippen LogP contribution in [0, 0.1) is 0 Å². The van der Waals surface area contributed by atoms with E-state index in [1.807, 2.05) is 12.1 Å². The summed E-state index contributed by atoms with van der Waals surface area (Å²) in [6, 6.07) is 8.19. The van der Waals surface area contributed by atoms with Crippen LogP contribution in [0.1, 0.15) is 0 Å². The van der Waals surface area contributed by atoms with Gasteiger partial charge in [0.15, 0.2) is 0 Å². The Hall–Kier alpha value is -1.42. The molecule has 0 unspecified atom stereocenters. The van der Waals surface area contributed by atoms with Crippen molar-refractivity contribution in [2.75, 3.05) is 12.0 Å². The lowest BCUT2D eigenvalue weighted by molar-refractivity contribution is 1.09. The summed E-state index contributed by atoms with van der Waals surface area (Å²) >= 11 is 1.71. The first-order chi connectivity index (χ1) is 6.81. The van der Waals surface area contributed by atoms with E-state index in [9.17, 15) is 0 Å². The number of benzene rings is 1. The third kappa shape index (κ3) is 1.61. The van der Waals surface area contributed by atoms with Gasteiger partial charge in [-0.25, -0.2) is 0 Å². The van der Waals surface area contributed by atoms with Gasteiger partial charge < -0.3 is 5.73 Å². The van der Waals surface area contributed by atoms with Gasteiger partial charge in [-0.3, -0.25) is 5.10 Å². The van der Waals surface area contributed by atoms with Crippen LogP contribution in [0.25, 0.3) is 11.3 Å². The van der Waals surface area contributed by atoms with Crippen molar-refractivity contribution in [1.29, 1.82) is 0 Å². The van der Waals surface area contributed by atoms with E-state index < -0.39 is 0 Å². The Bertz CT molecular complexity index is 436. The minimum absolute atomic E-state index is 0.684. The largest absolute Gasteiger partial charge is 0.396 e. The van der Waals surface area contributed by atoms with Gasteiger partial charge in [-0.15, -0.1) is 11.8 Å². The molecule has 0 aliphatic rings. The first-order valence-corrected chi connectivity index (χ1v) is 5.47. The first kappa shape index (κ1) is 9.15. The Morgan fingerprint density at radius 2 is 2.29 bits per heavy atom. The van der Waals surface area contributed by atoms with Crippen molar-refractivity contribution in [2.24, 2.45) is 0 Å². The molecule has 0 bridgehead atoms. The first-order valence-electron chi connectivity index (χ1n) is 4.24. The summed E-state index contributed by atoms with van der Waals surface area (Å²) in [7, 11) is 0. The van der Waals surface area contributed by atoms with Crippen LogP contribution >= 0.6 is 11.8 Å². The third-order valence-electron chi connectivity index (χ3n) is 2.03. The molecule has 0 saturated heterocycles. The number of H-pyrrole nitrogens is 1. The van der Waals surface area contributed by atoms with E-state index in [1.54, 1.807) is 18.0 Å². The van der Waals surface area contributed by atoms with E-state index in [1.165, 1.54) is 4.90 Å². The van der Waals surface area contributed by atoms with Crippen molar-refractivity contribution in [3.63, 3.8) is 0 Å². The summed E-state index contributed by atoms with van der Waals surface area (Å²) in [5, 5.41) is 6.79. The van der Waals surface area contributed by atoms with Gasteiger partial charge in [-0.1, -0.05) is 12.1 Å². The van der Waals surface area contributed by atoms with E-state index in [-0.39, 0.29) is 0 Å². The molecule has 72 valence electrons. The molecule has 0 aliphatic heterocycles. The molecule has 1 aromatic heterocycles. The molecule has 2 aromatic rings. The van der Waals surface area contributed by atoms with Gasteiger partial charge in [0.1, 0.15) is 0 Å². The SMILES string of the molecule is CSc1cccc(-c2[nH]ncc2N)c1. The summed E-state index contributed by atoms with van der Waals surface area (Å²) in [6.07, 6.45) is 3.68. The molecule has 3 N–H and O–H groups in total. The second kappa shape index (κ2) is 3.75. The molecular formula is C10H11N3S. The number of aromatic nitrogens is 2. The van der Waals surface area contributed by atoms with Crippen LogP contribution in [0.3, 0.4) is 0 Å². The quantitative estimate of drug-likeness (QED) is 0.740. The Balaban J connectivity index is 2.47. The van der Waals surface area contributed by atoms with Crippen LogP contribution < -0.4 is 5.73 Å². The highest BCUT2D eigenvalue weighted by molar-refractivity contribution is 7.98. The molecule has 0 saturated carbocycles. The number of nitrogens with two attached hydrogens (primary N) is 1. The average Bonchev–Trinajstić information content (AvgIpc) is 2.65. The highest BCUT2D eigenvalue weighted by atomic mass is 32.2. The predicted molar refractivity (Wildman–Crippen MR) is 60.2 cm³/mol. The Kier molecular flexibility index (Phi) is 2.45. The molecular weight excluding hydrogens is 194 g/mol. The Morgan fingerprint density at radius 1 is 1.43 bits per heavy atom. The minimum Gasteiger partial charge on any atom is -0.396 e. The van der Waals surface area contributed by atoms with E-state index in [2.05, 4.69) is 28.6 Å². The summed E-state index contributed by atoms with van der Waals surface area (Å²) < 4.78 is 0. The molecule has 14 heavy (non-hydrogen) atoms. The zero-order valence-corrected chi connectivity index (χ0v) is 8.64. The van der Waals surface area contributed by atoms with Gasteiger partial charge in [-0.05, 0) is 18.4 Å². The maximum Gasteiger partial charge on any atom is 0.0880 e. The number of rotatable bonds is 2.